The molecule has 1 amide bonds. The fourth-order valence-corrected chi connectivity index (χ4v) is 5.29. The number of ether oxygens (including phenoxy) is 1. The Bertz CT molecular complexity index is 1770. The molecule has 5 aromatic carbocycles. The molecule has 0 bridgehead atoms. The summed E-state index contributed by atoms with van der Waals surface area (Å²) >= 11 is 0. The molecule has 1 aromatic heterocycles. The minimum absolute atomic E-state index is 0.444. The van der Waals surface area contributed by atoms with Crippen LogP contribution in [-0.2, 0) is 6.42 Å². The van der Waals surface area contributed by atoms with E-state index in [2.05, 4.69) is 60.0 Å². The Morgan fingerprint density at radius 1 is 0.816 bits per heavy atom. The average Bonchev–Trinajstić information content (AvgIpc) is 3.29. The molecule has 38 heavy (non-hydrogen) atoms. The van der Waals surface area contributed by atoms with Crippen molar-refractivity contribution in [3.8, 4) is 22.6 Å². The van der Waals surface area contributed by atoms with Gasteiger partial charge in [0.1, 0.15) is 5.75 Å². The number of benzene rings is 5. The van der Waals surface area contributed by atoms with Gasteiger partial charge in [0.2, 0.25) is 5.91 Å². The molecule has 186 valence electrons. The molecule has 0 saturated carbocycles. The highest BCUT2D eigenvalue weighted by molar-refractivity contribution is 6.19. The lowest BCUT2D eigenvalue weighted by molar-refractivity contribution is 0.100. The van der Waals surface area contributed by atoms with E-state index < -0.39 is 5.91 Å². The molecule has 4 heteroatoms. The number of aryl methyl sites for hydroxylation is 1. The van der Waals surface area contributed by atoms with Crippen LogP contribution >= 0.6 is 0 Å². The Morgan fingerprint density at radius 2 is 1.53 bits per heavy atom. The Labute approximate surface area is 221 Å². The second-order valence-electron chi connectivity index (χ2n) is 9.50. The molecule has 6 aromatic rings. The van der Waals surface area contributed by atoms with Crippen LogP contribution in [0.2, 0.25) is 0 Å². The van der Waals surface area contributed by atoms with Gasteiger partial charge >= 0.3 is 0 Å². The predicted molar refractivity (Wildman–Crippen MR) is 155 cm³/mol. The van der Waals surface area contributed by atoms with Gasteiger partial charge < -0.3 is 15.0 Å². The van der Waals surface area contributed by atoms with E-state index in [0.717, 1.165) is 56.4 Å². The molecule has 0 aliphatic rings. The Morgan fingerprint density at radius 3 is 2.29 bits per heavy atom. The summed E-state index contributed by atoms with van der Waals surface area (Å²) in [5, 5.41) is 1.79. The van der Waals surface area contributed by atoms with Gasteiger partial charge in [-0.05, 0) is 53.9 Å². The molecule has 0 aliphatic carbocycles. The first-order valence-corrected chi connectivity index (χ1v) is 12.8. The van der Waals surface area contributed by atoms with E-state index in [1.807, 2.05) is 66.7 Å². The summed E-state index contributed by atoms with van der Waals surface area (Å²) in [6.07, 6.45) is 0.816. The maximum Gasteiger partial charge on any atom is 0.249 e. The van der Waals surface area contributed by atoms with Crippen molar-refractivity contribution < 1.29 is 9.53 Å². The van der Waals surface area contributed by atoms with Gasteiger partial charge in [0.25, 0.3) is 0 Å². The summed E-state index contributed by atoms with van der Waals surface area (Å²) in [6.45, 7) is 2.64. The third-order valence-electron chi connectivity index (χ3n) is 7.08. The molecular weight excluding hydrogens is 468 g/mol. The molecule has 0 spiro atoms. The molecule has 6 rings (SSSR count). The van der Waals surface area contributed by atoms with Gasteiger partial charge in [0, 0.05) is 28.3 Å². The van der Waals surface area contributed by atoms with E-state index in [-0.39, 0.29) is 0 Å². The first-order chi connectivity index (χ1) is 18.6. The fraction of sp³-hybridized carbons (Fsp3) is 0.0882. The van der Waals surface area contributed by atoms with Gasteiger partial charge in [-0.3, -0.25) is 4.79 Å². The molecule has 0 atom stereocenters. The summed E-state index contributed by atoms with van der Waals surface area (Å²) < 4.78 is 8.43. The smallest absolute Gasteiger partial charge is 0.249 e. The van der Waals surface area contributed by atoms with Crippen molar-refractivity contribution in [2.75, 3.05) is 6.61 Å². The summed E-state index contributed by atoms with van der Waals surface area (Å²) in [6, 6.07) is 39.0. The van der Waals surface area contributed by atoms with Crippen molar-refractivity contribution in [3.05, 3.63) is 132 Å². The number of nitrogens with two attached hydrogens (primary N) is 1. The zero-order chi connectivity index (χ0) is 26.1. The second kappa shape index (κ2) is 9.91. The predicted octanol–water partition coefficient (Wildman–Crippen LogP) is 7.48. The molecule has 0 fully saturated rings. The standard InChI is InChI=1S/C34H28N2O2/c1-23-16-18-28(34(35)37)32-29-22-26(38-21-20-24-10-4-2-5-11-24)17-19-31(29)36(33(23)32)30-15-9-8-14-27(30)25-12-6-3-7-13-25/h2-19,22H,20-21H2,1H3,(H2,35,37). The second-order valence-corrected chi connectivity index (χ2v) is 9.50. The van der Waals surface area contributed by atoms with Crippen LogP contribution in [0.5, 0.6) is 5.75 Å². The molecule has 2 N–H and O–H groups in total. The zero-order valence-corrected chi connectivity index (χ0v) is 21.2. The summed E-state index contributed by atoms with van der Waals surface area (Å²) in [4.78, 5) is 12.6. The molecule has 0 saturated heterocycles. The minimum atomic E-state index is -0.444. The third kappa shape index (κ3) is 4.20. The normalized spacial score (nSPS) is 11.2. The largest absolute Gasteiger partial charge is 0.493 e. The van der Waals surface area contributed by atoms with Crippen molar-refractivity contribution in [1.82, 2.24) is 4.57 Å². The number of amides is 1. The van der Waals surface area contributed by atoms with Crippen LogP contribution in [-0.4, -0.2) is 17.1 Å². The zero-order valence-electron chi connectivity index (χ0n) is 21.2. The van der Waals surface area contributed by atoms with E-state index in [1.165, 1.54) is 5.56 Å². The van der Waals surface area contributed by atoms with Crippen molar-refractivity contribution in [2.24, 2.45) is 5.73 Å². The molecule has 4 nitrogen and oxygen atoms in total. The SMILES string of the molecule is Cc1ccc(C(N)=O)c2c3cc(OCCc4ccccc4)ccc3n(-c3ccccc3-c3ccccc3)c12. The summed E-state index contributed by atoms with van der Waals surface area (Å²) in [7, 11) is 0. The van der Waals surface area contributed by atoms with Crippen LogP contribution in [0, 0.1) is 6.92 Å². The number of nitrogens with zero attached hydrogens (tertiary/aromatic N) is 1. The number of hydrogen-bond acceptors (Lipinski definition) is 2. The van der Waals surface area contributed by atoms with E-state index in [1.54, 1.807) is 0 Å². The number of aromatic nitrogens is 1. The van der Waals surface area contributed by atoms with E-state index in [9.17, 15) is 4.79 Å². The van der Waals surface area contributed by atoms with Gasteiger partial charge in [-0.1, -0.05) is 84.9 Å². The van der Waals surface area contributed by atoms with Crippen molar-refractivity contribution in [3.63, 3.8) is 0 Å². The van der Waals surface area contributed by atoms with E-state index in [0.29, 0.717) is 12.2 Å². The maximum atomic E-state index is 12.6. The molecule has 0 aliphatic heterocycles. The van der Waals surface area contributed by atoms with Gasteiger partial charge in [-0.25, -0.2) is 0 Å². The summed E-state index contributed by atoms with van der Waals surface area (Å²) in [5.74, 6) is 0.321. The lowest BCUT2D eigenvalue weighted by Gasteiger charge is -2.15. The minimum Gasteiger partial charge on any atom is -0.493 e. The van der Waals surface area contributed by atoms with Crippen molar-refractivity contribution >= 4 is 27.7 Å². The molecular formula is C34H28N2O2. The fourth-order valence-electron chi connectivity index (χ4n) is 5.29. The maximum absolute atomic E-state index is 12.6. The number of fused-ring (bicyclic) bond motifs is 3. The number of carbonyl (C=O) groups excluding carboxylic acids is 1. The van der Waals surface area contributed by atoms with Crippen LogP contribution in [0.15, 0.2) is 115 Å². The highest BCUT2D eigenvalue weighted by atomic mass is 16.5. The topological polar surface area (TPSA) is 57.3 Å². The molecule has 1 heterocycles. The lowest BCUT2D eigenvalue weighted by Crippen LogP contribution is -2.11. The Kier molecular flexibility index (Phi) is 6.14. The highest BCUT2D eigenvalue weighted by Gasteiger charge is 2.21. The Balaban J connectivity index is 1.55. The first kappa shape index (κ1) is 23.6. The Hall–Kier alpha value is -4.83. The third-order valence-corrected chi connectivity index (χ3v) is 7.08. The molecule has 0 radical (unpaired) electrons. The van der Waals surface area contributed by atoms with Crippen LogP contribution in [0.25, 0.3) is 38.6 Å². The quantitative estimate of drug-likeness (QED) is 0.249. The molecule has 0 unspecified atom stereocenters. The number of carbonyl (C=O) groups is 1. The number of rotatable bonds is 7. The van der Waals surface area contributed by atoms with Crippen LogP contribution in [0.1, 0.15) is 21.5 Å². The van der Waals surface area contributed by atoms with Crippen molar-refractivity contribution in [1.29, 1.82) is 0 Å². The number of primary amides is 1. The summed E-state index contributed by atoms with van der Waals surface area (Å²) in [5.41, 5.74) is 13.9. The van der Waals surface area contributed by atoms with E-state index in [4.69, 9.17) is 10.5 Å². The lowest BCUT2D eigenvalue weighted by atomic mass is 10.0. The number of hydrogen-bond donors (Lipinski definition) is 1. The van der Waals surface area contributed by atoms with Crippen molar-refractivity contribution in [2.45, 2.75) is 13.3 Å². The van der Waals surface area contributed by atoms with Crippen LogP contribution in [0.4, 0.5) is 0 Å². The van der Waals surface area contributed by atoms with Crippen LogP contribution in [0.3, 0.4) is 0 Å². The highest BCUT2D eigenvalue weighted by Crippen LogP contribution is 2.40. The number of para-hydroxylation sites is 1. The van der Waals surface area contributed by atoms with Gasteiger partial charge in [0.15, 0.2) is 0 Å². The van der Waals surface area contributed by atoms with Gasteiger partial charge in [0.05, 0.1) is 23.3 Å². The average molecular weight is 497 g/mol. The van der Waals surface area contributed by atoms with Gasteiger partial charge in [-0.15, -0.1) is 0 Å². The van der Waals surface area contributed by atoms with E-state index >= 15 is 0 Å². The monoisotopic (exact) mass is 496 g/mol. The first-order valence-electron chi connectivity index (χ1n) is 12.8. The van der Waals surface area contributed by atoms with Crippen LogP contribution < -0.4 is 10.5 Å². The van der Waals surface area contributed by atoms with Gasteiger partial charge in [-0.2, -0.15) is 0 Å².